The van der Waals surface area contributed by atoms with Crippen LogP contribution in [0.15, 0.2) is 24.3 Å². The van der Waals surface area contributed by atoms with Crippen LogP contribution in [0.3, 0.4) is 0 Å². The fourth-order valence-electron chi connectivity index (χ4n) is 3.64. The molecule has 2 N–H and O–H groups in total. The average molecular weight is 401 g/mol. The normalized spacial score (nSPS) is 20.2. The highest BCUT2D eigenvalue weighted by molar-refractivity contribution is 5.97. The highest BCUT2D eigenvalue weighted by Gasteiger charge is 2.35. The van der Waals surface area contributed by atoms with Crippen molar-refractivity contribution < 1.29 is 19.2 Å². The number of nitrogens with one attached hydrogen (secondary N) is 2. The first-order valence-corrected chi connectivity index (χ1v) is 9.81. The van der Waals surface area contributed by atoms with Crippen molar-refractivity contribution in [3.63, 3.8) is 0 Å². The van der Waals surface area contributed by atoms with Crippen LogP contribution in [0.4, 0.5) is 5.69 Å². The Morgan fingerprint density at radius 2 is 1.97 bits per heavy atom. The molecule has 1 aromatic rings. The standard InChI is InChI=1S/C20H27N5O4/c1-15-3-2-4-16(11-15)22-18(27)12-17-20(29)21-5-6-25(17)19(28)13-23-7-9-24(14-26)10-8-23/h2-4,11,14,17H,5-10,12-13H2,1H3,(H,21,29)(H,22,27). The van der Waals surface area contributed by atoms with Gasteiger partial charge >= 0.3 is 0 Å². The summed E-state index contributed by atoms with van der Waals surface area (Å²) in [4.78, 5) is 53.7. The van der Waals surface area contributed by atoms with Crippen molar-refractivity contribution in [2.24, 2.45) is 0 Å². The van der Waals surface area contributed by atoms with Gasteiger partial charge in [-0.1, -0.05) is 12.1 Å². The van der Waals surface area contributed by atoms with E-state index in [9.17, 15) is 19.2 Å². The van der Waals surface area contributed by atoms with Gasteiger partial charge in [-0.2, -0.15) is 0 Å². The molecule has 0 radical (unpaired) electrons. The smallest absolute Gasteiger partial charge is 0.243 e. The molecule has 2 heterocycles. The lowest BCUT2D eigenvalue weighted by Gasteiger charge is -2.37. The van der Waals surface area contributed by atoms with E-state index >= 15 is 0 Å². The SMILES string of the molecule is Cc1cccc(NC(=O)CC2C(=O)NCCN2C(=O)CN2CCN(C=O)CC2)c1. The summed E-state index contributed by atoms with van der Waals surface area (Å²) in [6.45, 7) is 5.25. The van der Waals surface area contributed by atoms with Gasteiger partial charge < -0.3 is 20.4 Å². The molecule has 4 amide bonds. The van der Waals surface area contributed by atoms with Gasteiger partial charge in [0.25, 0.3) is 0 Å². The molecule has 0 aromatic heterocycles. The zero-order valence-corrected chi connectivity index (χ0v) is 16.6. The van der Waals surface area contributed by atoms with Crippen LogP contribution in [0, 0.1) is 6.92 Å². The van der Waals surface area contributed by atoms with Crippen LogP contribution < -0.4 is 10.6 Å². The highest BCUT2D eigenvalue weighted by Crippen LogP contribution is 2.14. The van der Waals surface area contributed by atoms with Gasteiger partial charge in [-0.3, -0.25) is 24.1 Å². The fraction of sp³-hybridized carbons (Fsp3) is 0.500. The van der Waals surface area contributed by atoms with E-state index in [4.69, 9.17) is 0 Å². The minimum atomic E-state index is -0.822. The summed E-state index contributed by atoms with van der Waals surface area (Å²) >= 11 is 0. The summed E-state index contributed by atoms with van der Waals surface area (Å²) in [5.41, 5.74) is 1.68. The van der Waals surface area contributed by atoms with Crippen LogP contribution in [0.5, 0.6) is 0 Å². The minimum Gasteiger partial charge on any atom is -0.353 e. The molecular weight excluding hydrogens is 374 g/mol. The van der Waals surface area contributed by atoms with E-state index in [0.29, 0.717) is 45.0 Å². The summed E-state index contributed by atoms with van der Waals surface area (Å²) in [7, 11) is 0. The molecule has 9 nitrogen and oxygen atoms in total. The molecule has 1 atom stereocenters. The highest BCUT2D eigenvalue weighted by atomic mass is 16.2. The minimum absolute atomic E-state index is 0.0928. The number of carbonyl (C=O) groups excluding carboxylic acids is 4. The van der Waals surface area contributed by atoms with Crippen LogP contribution in [0.1, 0.15) is 12.0 Å². The zero-order valence-electron chi connectivity index (χ0n) is 16.6. The monoisotopic (exact) mass is 401 g/mol. The van der Waals surface area contributed by atoms with E-state index in [-0.39, 0.29) is 30.7 Å². The Morgan fingerprint density at radius 3 is 2.66 bits per heavy atom. The molecular formula is C20H27N5O4. The first kappa shape index (κ1) is 20.8. The molecule has 2 aliphatic heterocycles. The summed E-state index contributed by atoms with van der Waals surface area (Å²) in [6.07, 6.45) is 0.724. The summed E-state index contributed by atoms with van der Waals surface area (Å²) in [5.74, 6) is -0.794. The molecule has 0 aliphatic carbocycles. The maximum absolute atomic E-state index is 12.8. The predicted molar refractivity (Wildman–Crippen MR) is 107 cm³/mol. The van der Waals surface area contributed by atoms with Crippen molar-refractivity contribution in [3.8, 4) is 0 Å². The summed E-state index contributed by atoms with van der Waals surface area (Å²) in [5, 5.41) is 5.54. The molecule has 29 heavy (non-hydrogen) atoms. The molecule has 2 fully saturated rings. The third-order valence-corrected chi connectivity index (χ3v) is 5.25. The molecule has 1 aromatic carbocycles. The van der Waals surface area contributed by atoms with Crippen LogP contribution in [-0.4, -0.2) is 90.7 Å². The van der Waals surface area contributed by atoms with E-state index in [0.717, 1.165) is 12.0 Å². The first-order valence-electron chi connectivity index (χ1n) is 9.81. The van der Waals surface area contributed by atoms with Gasteiger partial charge in [0.1, 0.15) is 6.04 Å². The molecule has 0 saturated carbocycles. The van der Waals surface area contributed by atoms with Crippen LogP contribution in [0.2, 0.25) is 0 Å². The van der Waals surface area contributed by atoms with E-state index in [1.807, 2.05) is 30.0 Å². The number of amides is 4. The maximum Gasteiger partial charge on any atom is 0.243 e. The van der Waals surface area contributed by atoms with Gasteiger partial charge in [-0.25, -0.2) is 0 Å². The van der Waals surface area contributed by atoms with Crippen molar-refractivity contribution in [1.29, 1.82) is 0 Å². The molecule has 2 saturated heterocycles. The Bertz CT molecular complexity index is 776. The number of carbonyl (C=O) groups is 4. The lowest BCUT2D eigenvalue weighted by Crippen LogP contribution is -2.60. The zero-order chi connectivity index (χ0) is 20.8. The number of piperazine rings is 2. The average Bonchev–Trinajstić information content (AvgIpc) is 2.70. The van der Waals surface area contributed by atoms with Crippen LogP contribution >= 0.6 is 0 Å². The number of anilines is 1. The van der Waals surface area contributed by atoms with Crippen molar-refractivity contribution in [1.82, 2.24) is 20.0 Å². The summed E-state index contributed by atoms with van der Waals surface area (Å²) in [6, 6.07) is 6.59. The van der Waals surface area contributed by atoms with Gasteiger partial charge in [0.15, 0.2) is 0 Å². The Morgan fingerprint density at radius 1 is 1.21 bits per heavy atom. The molecule has 3 rings (SSSR count). The number of rotatable bonds is 6. The Kier molecular flexibility index (Phi) is 6.82. The third kappa shape index (κ3) is 5.54. The molecule has 0 bridgehead atoms. The second kappa shape index (κ2) is 9.51. The molecule has 9 heteroatoms. The van der Waals surface area contributed by atoms with Gasteiger partial charge in [-0.15, -0.1) is 0 Å². The van der Waals surface area contributed by atoms with E-state index < -0.39 is 6.04 Å². The second-order valence-electron chi connectivity index (χ2n) is 7.43. The van der Waals surface area contributed by atoms with E-state index in [1.54, 1.807) is 11.0 Å². The number of benzene rings is 1. The van der Waals surface area contributed by atoms with Crippen molar-refractivity contribution >= 4 is 29.8 Å². The number of nitrogens with zero attached hydrogens (tertiary/aromatic N) is 3. The molecule has 1 unspecified atom stereocenters. The second-order valence-corrected chi connectivity index (χ2v) is 7.43. The Labute approximate surface area is 170 Å². The number of hydrogen-bond acceptors (Lipinski definition) is 5. The van der Waals surface area contributed by atoms with Crippen molar-refractivity contribution in [3.05, 3.63) is 29.8 Å². The van der Waals surface area contributed by atoms with Gasteiger partial charge in [-0.05, 0) is 24.6 Å². The molecule has 156 valence electrons. The lowest BCUT2D eigenvalue weighted by molar-refractivity contribution is -0.145. The van der Waals surface area contributed by atoms with Crippen LogP contribution in [-0.2, 0) is 19.2 Å². The van der Waals surface area contributed by atoms with Crippen molar-refractivity contribution in [2.75, 3.05) is 51.1 Å². The third-order valence-electron chi connectivity index (χ3n) is 5.25. The first-order chi connectivity index (χ1) is 14.0. The number of hydrogen-bond donors (Lipinski definition) is 2. The predicted octanol–water partition coefficient (Wildman–Crippen LogP) is -0.575. The van der Waals surface area contributed by atoms with E-state index in [2.05, 4.69) is 10.6 Å². The van der Waals surface area contributed by atoms with Gasteiger partial charge in [0.2, 0.25) is 24.1 Å². The largest absolute Gasteiger partial charge is 0.353 e. The number of aryl methyl sites for hydroxylation is 1. The van der Waals surface area contributed by atoms with E-state index in [1.165, 1.54) is 4.90 Å². The summed E-state index contributed by atoms with van der Waals surface area (Å²) < 4.78 is 0. The van der Waals surface area contributed by atoms with Gasteiger partial charge in [0, 0.05) is 45.0 Å². The quantitative estimate of drug-likeness (QED) is 0.622. The maximum atomic E-state index is 12.8. The fourth-order valence-corrected chi connectivity index (χ4v) is 3.64. The van der Waals surface area contributed by atoms with Crippen LogP contribution in [0.25, 0.3) is 0 Å². The van der Waals surface area contributed by atoms with Gasteiger partial charge in [0.05, 0.1) is 13.0 Å². The lowest BCUT2D eigenvalue weighted by atomic mass is 10.1. The Hall–Kier alpha value is -2.94. The Balaban J connectivity index is 1.59. The molecule has 2 aliphatic rings. The molecule has 0 spiro atoms. The van der Waals surface area contributed by atoms with Crippen molar-refractivity contribution in [2.45, 2.75) is 19.4 Å². The topological polar surface area (TPSA) is 102 Å².